The minimum atomic E-state index is -0.144. The van der Waals surface area contributed by atoms with Gasteiger partial charge >= 0.3 is 0 Å². The highest BCUT2D eigenvalue weighted by Gasteiger charge is 2.17. The topological polar surface area (TPSA) is 58.6 Å². The summed E-state index contributed by atoms with van der Waals surface area (Å²) in [6, 6.07) is 10.0. The molecule has 0 saturated carbocycles. The molecule has 0 aliphatic carbocycles. The Kier molecular flexibility index (Phi) is 17.2. The Balaban J connectivity index is 2.38. The van der Waals surface area contributed by atoms with Crippen LogP contribution in [0.1, 0.15) is 109 Å². The number of hydrogen-bond acceptors (Lipinski definition) is 3. The molecule has 0 aliphatic rings. The first-order valence-electron chi connectivity index (χ1n) is 12.7. The molecule has 1 amide bonds. The van der Waals surface area contributed by atoms with E-state index < -0.39 is 0 Å². The van der Waals surface area contributed by atoms with Gasteiger partial charge in [-0.3, -0.25) is 4.79 Å². The van der Waals surface area contributed by atoms with Crippen molar-refractivity contribution < 1.29 is 14.6 Å². The standard InChI is InChI=1S/C27H47NO3/c1-3-5-7-8-9-10-11-12-16-20-26(31-23-24-17-14-13-15-18-24)21-27(30)28-25(22-29)19-6-4-2/h13-15,17-18,25-26,29H,3-12,16,19-23H2,1-2H3,(H,28,30)/t25-,26-/m1/s1. The fourth-order valence-electron chi connectivity index (χ4n) is 3.87. The molecule has 2 N–H and O–H groups in total. The molecule has 1 aromatic rings. The largest absolute Gasteiger partial charge is 0.394 e. The van der Waals surface area contributed by atoms with Crippen molar-refractivity contribution in [2.24, 2.45) is 0 Å². The fourth-order valence-corrected chi connectivity index (χ4v) is 3.87. The average Bonchev–Trinajstić information content (AvgIpc) is 2.79. The summed E-state index contributed by atoms with van der Waals surface area (Å²) in [6.07, 6.45) is 15.7. The van der Waals surface area contributed by atoms with E-state index in [1.165, 1.54) is 51.4 Å². The zero-order valence-electron chi connectivity index (χ0n) is 20.1. The number of hydrogen-bond donors (Lipinski definition) is 2. The summed E-state index contributed by atoms with van der Waals surface area (Å²) >= 11 is 0. The molecule has 0 saturated heterocycles. The van der Waals surface area contributed by atoms with Gasteiger partial charge in [-0.1, -0.05) is 115 Å². The lowest BCUT2D eigenvalue weighted by Gasteiger charge is -2.21. The Morgan fingerprint density at radius 1 is 0.871 bits per heavy atom. The van der Waals surface area contributed by atoms with Gasteiger partial charge in [0, 0.05) is 0 Å². The third-order valence-electron chi connectivity index (χ3n) is 5.86. The van der Waals surface area contributed by atoms with Gasteiger partial charge in [0.05, 0.1) is 31.8 Å². The van der Waals surface area contributed by atoms with Crippen LogP contribution in [0.5, 0.6) is 0 Å². The van der Waals surface area contributed by atoms with Gasteiger partial charge in [-0.15, -0.1) is 0 Å². The van der Waals surface area contributed by atoms with Crippen molar-refractivity contribution in [2.75, 3.05) is 6.61 Å². The molecular weight excluding hydrogens is 386 g/mol. The maximum Gasteiger partial charge on any atom is 0.222 e. The summed E-state index contributed by atoms with van der Waals surface area (Å²) < 4.78 is 6.14. The Morgan fingerprint density at radius 2 is 1.48 bits per heavy atom. The van der Waals surface area contributed by atoms with E-state index in [0.29, 0.717) is 13.0 Å². The first-order valence-corrected chi connectivity index (χ1v) is 12.7. The lowest BCUT2D eigenvalue weighted by atomic mass is 10.0. The van der Waals surface area contributed by atoms with Crippen molar-refractivity contribution in [1.82, 2.24) is 5.32 Å². The number of carbonyl (C=O) groups is 1. The molecule has 0 unspecified atom stereocenters. The molecule has 4 heteroatoms. The minimum Gasteiger partial charge on any atom is -0.394 e. The van der Waals surface area contributed by atoms with Gasteiger partial charge in [-0.2, -0.15) is 0 Å². The number of aliphatic hydroxyl groups excluding tert-OH is 1. The second-order valence-corrected chi connectivity index (χ2v) is 8.83. The molecule has 0 bridgehead atoms. The van der Waals surface area contributed by atoms with Gasteiger partial charge < -0.3 is 15.2 Å². The molecule has 0 heterocycles. The van der Waals surface area contributed by atoms with Crippen LogP contribution < -0.4 is 5.32 Å². The van der Waals surface area contributed by atoms with E-state index in [2.05, 4.69) is 31.3 Å². The van der Waals surface area contributed by atoms with Gasteiger partial charge in [0.15, 0.2) is 0 Å². The highest BCUT2D eigenvalue weighted by Crippen LogP contribution is 2.16. The van der Waals surface area contributed by atoms with Gasteiger partial charge in [0.2, 0.25) is 5.91 Å². The van der Waals surface area contributed by atoms with Crippen molar-refractivity contribution in [3.8, 4) is 0 Å². The number of unbranched alkanes of at least 4 members (excludes halogenated alkanes) is 9. The zero-order valence-corrected chi connectivity index (χ0v) is 20.1. The van der Waals surface area contributed by atoms with Crippen LogP contribution in [0.3, 0.4) is 0 Å². The maximum atomic E-state index is 12.6. The van der Waals surface area contributed by atoms with Crippen LogP contribution in [0, 0.1) is 0 Å². The molecule has 0 fully saturated rings. The van der Waals surface area contributed by atoms with Gasteiger partial charge in [-0.05, 0) is 18.4 Å². The van der Waals surface area contributed by atoms with Crippen LogP contribution in [-0.2, 0) is 16.1 Å². The Morgan fingerprint density at radius 3 is 2.10 bits per heavy atom. The van der Waals surface area contributed by atoms with E-state index in [4.69, 9.17) is 4.74 Å². The van der Waals surface area contributed by atoms with Crippen LogP contribution in [0.15, 0.2) is 30.3 Å². The predicted octanol–water partition coefficient (Wildman–Crippen LogP) is 6.55. The Hall–Kier alpha value is -1.39. The van der Waals surface area contributed by atoms with Crippen LogP contribution >= 0.6 is 0 Å². The average molecular weight is 434 g/mol. The molecule has 4 nitrogen and oxygen atoms in total. The lowest BCUT2D eigenvalue weighted by Crippen LogP contribution is -2.39. The Labute approximate surface area is 191 Å². The summed E-state index contributed by atoms with van der Waals surface area (Å²) in [5.74, 6) is -0.0101. The summed E-state index contributed by atoms with van der Waals surface area (Å²) in [4.78, 5) is 12.6. The lowest BCUT2D eigenvalue weighted by molar-refractivity contribution is -0.125. The van der Waals surface area contributed by atoms with E-state index in [0.717, 1.165) is 37.7 Å². The minimum absolute atomic E-state index is 0.000461. The first-order chi connectivity index (χ1) is 15.2. The second kappa shape index (κ2) is 19.3. The number of rotatable bonds is 20. The smallest absolute Gasteiger partial charge is 0.222 e. The third kappa shape index (κ3) is 15.1. The van der Waals surface area contributed by atoms with Crippen LogP contribution in [-0.4, -0.2) is 29.8 Å². The van der Waals surface area contributed by atoms with Crippen LogP contribution in [0.2, 0.25) is 0 Å². The Bertz CT molecular complexity index is 535. The normalized spacial score (nSPS) is 13.1. The number of carbonyl (C=O) groups excluding carboxylic acids is 1. The molecule has 178 valence electrons. The number of benzene rings is 1. The van der Waals surface area contributed by atoms with Crippen molar-refractivity contribution in [3.05, 3.63) is 35.9 Å². The monoisotopic (exact) mass is 433 g/mol. The molecule has 1 rings (SSSR count). The number of amides is 1. The van der Waals surface area contributed by atoms with Gasteiger partial charge in [0.25, 0.3) is 0 Å². The number of nitrogens with one attached hydrogen (secondary N) is 1. The van der Waals surface area contributed by atoms with Gasteiger partial charge in [0.1, 0.15) is 0 Å². The number of ether oxygens (including phenoxy) is 1. The van der Waals surface area contributed by atoms with Crippen molar-refractivity contribution >= 4 is 5.91 Å². The molecule has 31 heavy (non-hydrogen) atoms. The summed E-state index contributed by atoms with van der Waals surface area (Å²) in [5, 5.41) is 12.5. The van der Waals surface area contributed by atoms with Crippen molar-refractivity contribution in [2.45, 2.75) is 122 Å². The van der Waals surface area contributed by atoms with E-state index >= 15 is 0 Å². The molecule has 1 aromatic carbocycles. The fraction of sp³-hybridized carbons (Fsp3) is 0.741. The molecule has 2 atom stereocenters. The first kappa shape index (κ1) is 27.6. The highest BCUT2D eigenvalue weighted by molar-refractivity contribution is 5.76. The SMILES string of the molecule is CCCCCCCCCCC[C@H](CC(=O)N[C@@H](CO)CCCC)OCc1ccccc1. The van der Waals surface area contributed by atoms with Crippen LogP contribution in [0.4, 0.5) is 0 Å². The molecule has 0 aromatic heterocycles. The zero-order chi connectivity index (χ0) is 22.6. The summed E-state index contributed by atoms with van der Waals surface area (Å²) in [6.45, 7) is 4.91. The van der Waals surface area contributed by atoms with Crippen molar-refractivity contribution in [1.29, 1.82) is 0 Å². The quantitative estimate of drug-likeness (QED) is 0.229. The van der Waals surface area contributed by atoms with E-state index in [1.54, 1.807) is 0 Å². The van der Waals surface area contributed by atoms with E-state index in [1.807, 2.05) is 18.2 Å². The second-order valence-electron chi connectivity index (χ2n) is 8.83. The van der Waals surface area contributed by atoms with Crippen LogP contribution in [0.25, 0.3) is 0 Å². The summed E-state index contributed by atoms with van der Waals surface area (Å²) in [7, 11) is 0. The highest BCUT2D eigenvalue weighted by atomic mass is 16.5. The van der Waals surface area contributed by atoms with Crippen molar-refractivity contribution in [3.63, 3.8) is 0 Å². The molecule has 0 radical (unpaired) electrons. The summed E-state index contributed by atoms with van der Waals surface area (Å²) in [5.41, 5.74) is 1.14. The molecule has 0 spiro atoms. The molecular formula is C27H47NO3. The van der Waals surface area contributed by atoms with E-state index in [-0.39, 0.29) is 24.7 Å². The molecule has 0 aliphatic heterocycles. The maximum absolute atomic E-state index is 12.6. The number of aliphatic hydroxyl groups is 1. The third-order valence-corrected chi connectivity index (χ3v) is 5.86. The van der Waals surface area contributed by atoms with Gasteiger partial charge in [-0.25, -0.2) is 0 Å². The van der Waals surface area contributed by atoms with E-state index in [9.17, 15) is 9.90 Å². The predicted molar refractivity (Wildman–Crippen MR) is 130 cm³/mol.